The smallest absolute Gasteiger partial charge is 0.258 e. The number of hydrogen-bond acceptors (Lipinski definition) is 5. The molecule has 6 heteroatoms. The second kappa shape index (κ2) is 6.12. The Bertz CT molecular complexity index is 892. The molecule has 0 saturated carbocycles. The summed E-state index contributed by atoms with van der Waals surface area (Å²) in [7, 11) is 4.70. The maximum atomic E-state index is 13.1. The molecule has 136 valence electrons. The zero-order valence-corrected chi connectivity index (χ0v) is 15.0. The second-order valence-corrected chi connectivity index (χ2v) is 6.53. The lowest BCUT2D eigenvalue weighted by atomic mass is 9.83. The molecule has 0 radical (unpaired) electrons. The van der Waals surface area contributed by atoms with Crippen LogP contribution in [0.2, 0.25) is 0 Å². The largest absolute Gasteiger partial charge is 0.504 e. The molecule has 6 nitrogen and oxygen atoms in total. The fourth-order valence-electron chi connectivity index (χ4n) is 4.07. The van der Waals surface area contributed by atoms with Crippen LogP contribution in [0, 0.1) is 0 Å². The number of ether oxygens (including phenoxy) is 3. The lowest BCUT2D eigenvalue weighted by Gasteiger charge is -2.41. The van der Waals surface area contributed by atoms with Gasteiger partial charge in [-0.05, 0) is 47.7 Å². The van der Waals surface area contributed by atoms with E-state index in [1.807, 2.05) is 17.0 Å². The Balaban J connectivity index is 1.84. The average molecular weight is 355 g/mol. The van der Waals surface area contributed by atoms with Gasteiger partial charge in [0.15, 0.2) is 23.0 Å². The quantitative estimate of drug-likeness (QED) is 0.917. The van der Waals surface area contributed by atoms with Gasteiger partial charge in [0.1, 0.15) is 0 Å². The van der Waals surface area contributed by atoms with Crippen LogP contribution in [0.5, 0.6) is 23.0 Å². The molecule has 0 fully saturated rings. The van der Waals surface area contributed by atoms with E-state index in [0.717, 1.165) is 17.5 Å². The van der Waals surface area contributed by atoms with Gasteiger partial charge in [0.2, 0.25) is 0 Å². The zero-order chi connectivity index (χ0) is 18.4. The first-order valence-electron chi connectivity index (χ1n) is 8.53. The molecule has 2 aliphatic heterocycles. The molecule has 2 aromatic carbocycles. The molecular formula is C20H21NO5. The Hall–Kier alpha value is -2.89. The Morgan fingerprint density at radius 3 is 2.46 bits per heavy atom. The van der Waals surface area contributed by atoms with E-state index in [9.17, 15) is 9.90 Å². The van der Waals surface area contributed by atoms with E-state index < -0.39 is 0 Å². The van der Waals surface area contributed by atoms with E-state index in [-0.39, 0.29) is 23.4 Å². The van der Waals surface area contributed by atoms with E-state index in [4.69, 9.17) is 14.2 Å². The van der Waals surface area contributed by atoms with Crippen molar-refractivity contribution in [2.45, 2.75) is 18.9 Å². The Morgan fingerprint density at radius 2 is 1.77 bits per heavy atom. The lowest BCUT2D eigenvalue weighted by Crippen LogP contribution is -2.44. The molecule has 4 rings (SSSR count). The third kappa shape index (κ3) is 2.29. The van der Waals surface area contributed by atoms with Crippen molar-refractivity contribution >= 4 is 5.91 Å². The number of benzene rings is 2. The van der Waals surface area contributed by atoms with Crippen LogP contribution in [-0.4, -0.2) is 43.8 Å². The molecule has 2 aliphatic rings. The number of carbonyl (C=O) groups excluding carboxylic acids is 1. The predicted octanol–water partition coefficient (Wildman–Crippen LogP) is 2.71. The molecule has 0 bridgehead atoms. The molecule has 0 aliphatic carbocycles. The zero-order valence-electron chi connectivity index (χ0n) is 15.0. The molecule has 26 heavy (non-hydrogen) atoms. The summed E-state index contributed by atoms with van der Waals surface area (Å²) < 4.78 is 16.2. The van der Waals surface area contributed by atoms with Crippen molar-refractivity contribution in [1.82, 2.24) is 4.90 Å². The van der Waals surface area contributed by atoms with Gasteiger partial charge in [0.25, 0.3) is 5.91 Å². The van der Waals surface area contributed by atoms with Gasteiger partial charge in [-0.1, -0.05) is 6.07 Å². The number of carbonyl (C=O) groups is 1. The highest BCUT2D eigenvalue weighted by atomic mass is 16.5. The van der Waals surface area contributed by atoms with Gasteiger partial charge in [-0.25, -0.2) is 0 Å². The summed E-state index contributed by atoms with van der Waals surface area (Å²) >= 11 is 0. The van der Waals surface area contributed by atoms with E-state index in [1.165, 1.54) is 12.7 Å². The van der Waals surface area contributed by atoms with Crippen LogP contribution in [0.3, 0.4) is 0 Å². The third-order valence-electron chi connectivity index (χ3n) is 5.32. The van der Waals surface area contributed by atoms with Crippen LogP contribution in [-0.2, 0) is 12.8 Å². The third-order valence-corrected chi connectivity index (χ3v) is 5.32. The van der Waals surface area contributed by atoms with Crippen LogP contribution in [0.15, 0.2) is 24.3 Å². The van der Waals surface area contributed by atoms with E-state index in [1.54, 1.807) is 26.4 Å². The second-order valence-electron chi connectivity index (χ2n) is 6.53. The minimum absolute atomic E-state index is 0.0122. The maximum absolute atomic E-state index is 13.1. The highest BCUT2D eigenvalue weighted by molar-refractivity contribution is 6.01. The summed E-state index contributed by atoms with van der Waals surface area (Å²) in [5, 5.41) is 10.0. The van der Waals surface area contributed by atoms with Crippen molar-refractivity contribution in [3.8, 4) is 23.0 Å². The van der Waals surface area contributed by atoms with Crippen molar-refractivity contribution in [3.63, 3.8) is 0 Å². The average Bonchev–Trinajstić information content (AvgIpc) is 2.67. The van der Waals surface area contributed by atoms with Gasteiger partial charge in [-0.3, -0.25) is 4.79 Å². The van der Waals surface area contributed by atoms with Gasteiger partial charge < -0.3 is 24.2 Å². The van der Waals surface area contributed by atoms with Crippen molar-refractivity contribution in [2.75, 3.05) is 27.9 Å². The summed E-state index contributed by atoms with van der Waals surface area (Å²) in [5.74, 6) is 1.50. The maximum Gasteiger partial charge on any atom is 0.258 e. The topological polar surface area (TPSA) is 68.2 Å². The standard InChI is InChI=1S/C20H21NO5/c1-24-16-9-11-6-7-21-14(13(11)10-17(16)25-2)8-12-4-5-15(22)19(26-3)18(12)20(21)23/h4-5,9-10,14,22H,6-8H2,1-3H3. The number of amides is 1. The fourth-order valence-corrected chi connectivity index (χ4v) is 4.07. The van der Waals surface area contributed by atoms with Crippen LogP contribution >= 0.6 is 0 Å². The summed E-state index contributed by atoms with van der Waals surface area (Å²) in [6, 6.07) is 7.30. The molecule has 0 spiro atoms. The molecule has 1 unspecified atom stereocenters. The first kappa shape index (κ1) is 16.6. The molecule has 0 saturated heterocycles. The molecule has 0 aromatic heterocycles. The van der Waals surface area contributed by atoms with Crippen molar-refractivity contribution in [3.05, 3.63) is 46.5 Å². The van der Waals surface area contributed by atoms with Crippen LogP contribution < -0.4 is 14.2 Å². The fraction of sp³-hybridized carbons (Fsp3) is 0.350. The predicted molar refractivity (Wildman–Crippen MR) is 95.4 cm³/mol. The monoisotopic (exact) mass is 355 g/mol. The van der Waals surface area contributed by atoms with Gasteiger partial charge in [-0.2, -0.15) is 0 Å². The molecule has 1 N–H and O–H groups in total. The molecular weight excluding hydrogens is 334 g/mol. The Morgan fingerprint density at radius 1 is 1.04 bits per heavy atom. The summed E-state index contributed by atoms with van der Waals surface area (Å²) in [6.45, 7) is 0.615. The number of fused-ring (bicyclic) bond motifs is 4. The minimum atomic E-state index is -0.107. The van der Waals surface area contributed by atoms with Crippen LogP contribution in [0.4, 0.5) is 0 Å². The number of phenolic OH excluding ortho intramolecular Hbond substituents is 1. The number of phenols is 1. The number of methoxy groups -OCH3 is 3. The summed E-state index contributed by atoms with van der Waals surface area (Å²) in [4.78, 5) is 15.0. The lowest BCUT2D eigenvalue weighted by molar-refractivity contribution is 0.0626. The normalized spacial score (nSPS) is 17.9. The highest BCUT2D eigenvalue weighted by Gasteiger charge is 2.39. The van der Waals surface area contributed by atoms with E-state index in [2.05, 4.69) is 0 Å². The van der Waals surface area contributed by atoms with Gasteiger partial charge >= 0.3 is 0 Å². The SMILES string of the molecule is COc1cc2c(cc1OC)C1Cc3ccc(O)c(OC)c3C(=O)N1CC2. The van der Waals surface area contributed by atoms with Crippen LogP contribution in [0.25, 0.3) is 0 Å². The minimum Gasteiger partial charge on any atom is -0.504 e. The first-order chi connectivity index (χ1) is 12.6. The Kier molecular flexibility index (Phi) is 3.90. The molecule has 2 aromatic rings. The summed E-state index contributed by atoms with van der Waals surface area (Å²) in [5.41, 5.74) is 3.60. The van der Waals surface area contributed by atoms with Gasteiger partial charge in [0, 0.05) is 6.54 Å². The Labute approximate surface area is 151 Å². The first-order valence-corrected chi connectivity index (χ1v) is 8.53. The van der Waals surface area contributed by atoms with Crippen LogP contribution in [0.1, 0.15) is 33.1 Å². The van der Waals surface area contributed by atoms with Crippen molar-refractivity contribution in [1.29, 1.82) is 0 Å². The molecule has 2 heterocycles. The number of hydrogen-bond donors (Lipinski definition) is 1. The number of rotatable bonds is 3. The van der Waals surface area contributed by atoms with Gasteiger partial charge in [-0.15, -0.1) is 0 Å². The molecule has 1 atom stereocenters. The molecule has 1 amide bonds. The van der Waals surface area contributed by atoms with E-state index in [0.29, 0.717) is 30.0 Å². The van der Waals surface area contributed by atoms with E-state index >= 15 is 0 Å². The highest BCUT2D eigenvalue weighted by Crippen LogP contribution is 2.45. The number of nitrogens with zero attached hydrogens (tertiary/aromatic N) is 1. The van der Waals surface area contributed by atoms with Crippen molar-refractivity contribution < 1.29 is 24.1 Å². The number of aromatic hydroxyl groups is 1. The van der Waals surface area contributed by atoms with Crippen molar-refractivity contribution in [2.24, 2.45) is 0 Å². The van der Waals surface area contributed by atoms with Gasteiger partial charge in [0.05, 0.1) is 32.9 Å². The summed E-state index contributed by atoms with van der Waals surface area (Å²) in [6.07, 6.45) is 1.41.